The number of aromatic nitrogens is 2. The SMILES string of the molecule is Cc1ccncc1-c1cc(N)c2cnc(NC(=O)C(=O)NCC3=CCc4ccccc4N3)cc2c1. The minimum atomic E-state index is -0.791. The third kappa shape index (κ3) is 4.67. The Hall–Kier alpha value is -4.72. The Bertz CT molecular complexity index is 1490. The number of allylic oxidation sites excluding steroid dienone is 1. The number of hydrogen-bond acceptors (Lipinski definition) is 6. The summed E-state index contributed by atoms with van der Waals surface area (Å²) in [6.45, 7) is 2.22. The van der Waals surface area contributed by atoms with Gasteiger partial charge in [-0.15, -0.1) is 0 Å². The maximum Gasteiger partial charge on any atom is 0.314 e. The quantitative estimate of drug-likeness (QED) is 0.269. The van der Waals surface area contributed by atoms with Crippen LogP contribution in [0.3, 0.4) is 0 Å². The van der Waals surface area contributed by atoms with E-state index in [0.717, 1.165) is 45.3 Å². The van der Waals surface area contributed by atoms with Crippen LogP contribution in [0.1, 0.15) is 11.1 Å². The third-order valence-electron chi connectivity index (χ3n) is 5.99. The standard InChI is InChI=1S/C27H24N6O2/c1-16-8-9-29-14-21(16)18-10-19-12-25(30-15-22(19)23(28)11-18)33-27(35)26(34)31-13-20-7-6-17-4-2-3-5-24(17)32-20/h2-5,7-12,14-15,32H,6,13,28H2,1H3,(H,31,34)(H,30,33,35). The van der Waals surface area contributed by atoms with Crippen molar-refractivity contribution in [3.8, 4) is 11.1 Å². The largest absolute Gasteiger partial charge is 0.398 e. The van der Waals surface area contributed by atoms with Crippen molar-refractivity contribution in [2.75, 3.05) is 22.9 Å². The Morgan fingerprint density at radius 1 is 1.09 bits per heavy atom. The molecule has 4 aromatic rings. The lowest BCUT2D eigenvalue weighted by atomic mass is 9.99. The van der Waals surface area contributed by atoms with Crippen molar-refractivity contribution in [2.45, 2.75) is 13.3 Å². The fourth-order valence-electron chi connectivity index (χ4n) is 4.10. The fourth-order valence-corrected chi connectivity index (χ4v) is 4.10. The number of para-hydroxylation sites is 1. The zero-order valence-corrected chi connectivity index (χ0v) is 19.1. The summed E-state index contributed by atoms with van der Waals surface area (Å²) in [5, 5.41) is 10.1. The first-order valence-corrected chi connectivity index (χ1v) is 11.2. The molecule has 3 heterocycles. The van der Waals surface area contributed by atoms with Gasteiger partial charge in [-0.2, -0.15) is 0 Å². The van der Waals surface area contributed by atoms with Crippen LogP contribution in [0, 0.1) is 6.92 Å². The van der Waals surface area contributed by atoms with E-state index in [4.69, 9.17) is 5.73 Å². The van der Waals surface area contributed by atoms with Crippen molar-refractivity contribution >= 4 is 39.8 Å². The molecule has 1 aliphatic heterocycles. The lowest BCUT2D eigenvalue weighted by Crippen LogP contribution is -2.37. The van der Waals surface area contributed by atoms with Crippen LogP contribution in [0.25, 0.3) is 21.9 Å². The van der Waals surface area contributed by atoms with E-state index in [1.54, 1.807) is 24.7 Å². The molecule has 2 aromatic carbocycles. The van der Waals surface area contributed by atoms with Crippen molar-refractivity contribution in [3.05, 3.63) is 90.0 Å². The van der Waals surface area contributed by atoms with E-state index in [2.05, 4.69) is 25.9 Å². The third-order valence-corrected chi connectivity index (χ3v) is 5.99. The predicted octanol–water partition coefficient (Wildman–Crippen LogP) is 3.79. The Morgan fingerprint density at radius 3 is 2.80 bits per heavy atom. The molecule has 0 saturated heterocycles. The summed E-state index contributed by atoms with van der Waals surface area (Å²) in [5.41, 5.74) is 12.8. The number of anilines is 3. The number of carbonyl (C=O) groups excluding carboxylic acids is 2. The molecule has 5 rings (SSSR count). The van der Waals surface area contributed by atoms with Crippen LogP contribution in [0.15, 0.2) is 78.9 Å². The molecule has 0 aliphatic carbocycles. The maximum atomic E-state index is 12.5. The number of pyridine rings is 2. The van der Waals surface area contributed by atoms with Gasteiger partial charge in [0.15, 0.2) is 0 Å². The first-order valence-electron chi connectivity index (χ1n) is 11.2. The molecule has 174 valence electrons. The van der Waals surface area contributed by atoms with Gasteiger partial charge in [-0.3, -0.25) is 14.6 Å². The summed E-state index contributed by atoms with van der Waals surface area (Å²) >= 11 is 0. The van der Waals surface area contributed by atoms with Crippen molar-refractivity contribution in [2.24, 2.45) is 0 Å². The Balaban J connectivity index is 1.27. The average Bonchev–Trinajstić information content (AvgIpc) is 2.87. The van der Waals surface area contributed by atoms with Crippen LogP contribution in [-0.4, -0.2) is 28.3 Å². The van der Waals surface area contributed by atoms with Crippen LogP contribution in [0.2, 0.25) is 0 Å². The molecule has 0 atom stereocenters. The van der Waals surface area contributed by atoms with Crippen LogP contribution in [-0.2, 0) is 16.0 Å². The normalized spacial score (nSPS) is 12.3. The van der Waals surface area contributed by atoms with Crippen molar-refractivity contribution in [3.63, 3.8) is 0 Å². The topological polar surface area (TPSA) is 122 Å². The Morgan fingerprint density at radius 2 is 1.94 bits per heavy atom. The summed E-state index contributed by atoms with van der Waals surface area (Å²) in [5.74, 6) is -1.27. The molecule has 0 radical (unpaired) electrons. The van der Waals surface area contributed by atoms with Gasteiger partial charge in [0.1, 0.15) is 5.82 Å². The van der Waals surface area contributed by atoms with Gasteiger partial charge in [-0.1, -0.05) is 24.3 Å². The maximum absolute atomic E-state index is 12.5. The van der Waals surface area contributed by atoms with Crippen LogP contribution in [0.5, 0.6) is 0 Å². The molecule has 0 spiro atoms. The highest BCUT2D eigenvalue weighted by Crippen LogP contribution is 2.31. The zero-order chi connectivity index (χ0) is 24.4. The van der Waals surface area contributed by atoms with Gasteiger partial charge in [-0.25, -0.2) is 4.98 Å². The number of fused-ring (bicyclic) bond motifs is 2. The average molecular weight is 465 g/mol. The first-order chi connectivity index (χ1) is 17.0. The summed E-state index contributed by atoms with van der Waals surface area (Å²) < 4.78 is 0. The molecule has 0 saturated carbocycles. The molecule has 5 N–H and O–H groups in total. The molecule has 2 aromatic heterocycles. The number of aryl methyl sites for hydroxylation is 1. The molecule has 8 nitrogen and oxygen atoms in total. The number of nitrogens with two attached hydrogens (primary N) is 1. The van der Waals surface area contributed by atoms with E-state index in [1.165, 1.54) is 5.56 Å². The molecule has 8 heteroatoms. The van der Waals surface area contributed by atoms with E-state index in [1.807, 2.05) is 55.5 Å². The number of hydrogen-bond donors (Lipinski definition) is 4. The van der Waals surface area contributed by atoms with Gasteiger partial charge in [0.2, 0.25) is 0 Å². The number of carbonyl (C=O) groups is 2. The summed E-state index contributed by atoms with van der Waals surface area (Å²) in [6, 6.07) is 15.5. The molecule has 2 amide bonds. The van der Waals surface area contributed by atoms with E-state index < -0.39 is 11.8 Å². The number of benzene rings is 2. The second-order valence-corrected chi connectivity index (χ2v) is 8.40. The minimum absolute atomic E-state index is 0.218. The molecule has 0 fully saturated rings. The van der Waals surface area contributed by atoms with E-state index in [-0.39, 0.29) is 12.4 Å². The molecule has 0 bridgehead atoms. The van der Waals surface area contributed by atoms with Crippen molar-refractivity contribution in [1.82, 2.24) is 15.3 Å². The van der Waals surface area contributed by atoms with Gasteiger partial charge >= 0.3 is 11.8 Å². The first kappa shape index (κ1) is 22.1. The number of amides is 2. The van der Waals surface area contributed by atoms with Gasteiger partial charge in [0, 0.05) is 46.6 Å². The summed E-state index contributed by atoms with van der Waals surface area (Å²) in [4.78, 5) is 33.3. The molecule has 1 aliphatic rings. The highest BCUT2D eigenvalue weighted by atomic mass is 16.2. The second-order valence-electron chi connectivity index (χ2n) is 8.40. The van der Waals surface area contributed by atoms with Crippen molar-refractivity contribution in [1.29, 1.82) is 0 Å². The number of nitrogen functional groups attached to an aromatic ring is 1. The minimum Gasteiger partial charge on any atom is -0.398 e. The Kier molecular flexibility index (Phi) is 5.85. The molecule has 35 heavy (non-hydrogen) atoms. The van der Waals surface area contributed by atoms with E-state index in [0.29, 0.717) is 5.69 Å². The molecule has 0 unspecified atom stereocenters. The number of rotatable bonds is 4. The highest BCUT2D eigenvalue weighted by molar-refractivity contribution is 6.39. The number of nitrogens with one attached hydrogen (secondary N) is 3. The van der Waals surface area contributed by atoms with Crippen molar-refractivity contribution < 1.29 is 9.59 Å². The highest BCUT2D eigenvalue weighted by Gasteiger charge is 2.17. The van der Waals surface area contributed by atoms with Crippen LogP contribution in [0.4, 0.5) is 17.2 Å². The smallest absolute Gasteiger partial charge is 0.314 e. The number of nitrogens with zero attached hydrogens (tertiary/aromatic N) is 2. The van der Waals surface area contributed by atoms with Gasteiger partial charge in [0.25, 0.3) is 0 Å². The summed E-state index contributed by atoms with van der Waals surface area (Å²) in [6.07, 6.45) is 7.89. The van der Waals surface area contributed by atoms with Gasteiger partial charge < -0.3 is 21.7 Å². The monoisotopic (exact) mass is 464 g/mol. The van der Waals surface area contributed by atoms with E-state index >= 15 is 0 Å². The lowest BCUT2D eigenvalue weighted by Gasteiger charge is -2.19. The second kappa shape index (κ2) is 9.26. The van der Waals surface area contributed by atoms with Crippen LogP contribution < -0.4 is 21.7 Å². The van der Waals surface area contributed by atoms with Gasteiger partial charge in [-0.05, 0) is 65.8 Å². The van der Waals surface area contributed by atoms with E-state index in [9.17, 15) is 9.59 Å². The van der Waals surface area contributed by atoms with Crippen LogP contribution >= 0.6 is 0 Å². The summed E-state index contributed by atoms with van der Waals surface area (Å²) in [7, 11) is 0. The lowest BCUT2D eigenvalue weighted by molar-refractivity contribution is -0.136. The fraction of sp³-hybridized carbons (Fsp3) is 0.111. The Labute approximate surface area is 202 Å². The molecular weight excluding hydrogens is 440 g/mol. The molecular formula is C27H24N6O2. The predicted molar refractivity (Wildman–Crippen MR) is 138 cm³/mol. The zero-order valence-electron chi connectivity index (χ0n) is 19.1. The van der Waals surface area contributed by atoms with Gasteiger partial charge in [0.05, 0.1) is 6.54 Å².